The molecule has 0 spiro atoms. The maximum Gasteiger partial charge on any atom is 0.573 e. The minimum Gasteiger partial charge on any atom is -0.478 e. The van der Waals surface area contributed by atoms with Crippen molar-refractivity contribution in [1.29, 1.82) is 0 Å². The standard InChI is InChI=1S/C17H13F3O5/c1-10(21)24-15(16(22)23)13-4-2-3-12(9-13)11-5-7-14(8-6-11)25-17(18,19)20/h2-9,15H,1H3,(H,22,23)/t15-/m1/s1. The third-order valence-electron chi connectivity index (χ3n) is 3.12. The summed E-state index contributed by atoms with van der Waals surface area (Å²) in [6, 6.07) is 11.3. The monoisotopic (exact) mass is 354 g/mol. The lowest BCUT2D eigenvalue weighted by molar-refractivity contribution is -0.274. The van der Waals surface area contributed by atoms with E-state index in [1.54, 1.807) is 12.1 Å². The van der Waals surface area contributed by atoms with Crippen molar-refractivity contribution >= 4 is 11.9 Å². The zero-order chi connectivity index (χ0) is 18.6. The van der Waals surface area contributed by atoms with E-state index in [2.05, 4.69) is 4.74 Å². The van der Waals surface area contributed by atoms with Crippen molar-refractivity contribution in [2.75, 3.05) is 0 Å². The van der Waals surface area contributed by atoms with Gasteiger partial charge >= 0.3 is 18.3 Å². The van der Waals surface area contributed by atoms with Gasteiger partial charge < -0.3 is 14.6 Å². The van der Waals surface area contributed by atoms with Crippen molar-refractivity contribution in [3.63, 3.8) is 0 Å². The van der Waals surface area contributed by atoms with Gasteiger partial charge in [-0.3, -0.25) is 4.79 Å². The number of hydrogen-bond acceptors (Lipinski definition) is 4. The third-order valence-corrected chi connectivity index (χ3v) is 3.12. The minimum atomic E-state index is -4.78. The summed E-state index contributed by atoms with van der Waals surface area (Å²) in [6.45, 7) is 1.10. The number of esters is 1. The lowest BCUT2D eigenvalue weighted by Gasteiger charge is -2.14. The first-order valence-corrected chi connectivity index (χ1v) is 7.02. The zero-order valence-electron chi connectivity index (χ0n) is 12.9. The summed E-state index contributed by atoms with van der Waals surface area (Å²) >= 11 is 0. The second-order valence-corrected chi connectivity index (χ2v) is 5.03. The molecule has 0 unspecified atom stereocenters. The Labute approximate surface area is 140 Å². The molecule has 0 fully saturated rings. The van der Waals surface area contributed by atoms with E-state index in [9.17, 15) is 27.9 Å². The van der Waals surface area contributed by atoms with Crippen molar-refractivity contribution in [2.45, 2.75) is 19.4 Å². The molecule has 25 heavy (non-hydrogen) atoms. The molecule has 0 aliphatic heterocycles. The maximum absolute atomic E-state index is 12.2. The van der Waals surface area contributed by atoms with Crippen LogP contribution < -0.4 is 4.74 Å². The normalized spacial score (nSPS) is 12.3. The highest BCUT2D eigenvalue weighted by Crippen LogP contribution is 2.28. The minimum absolute atomic E-state index is 0.232. The van der Waals surface area contributed by atoms with Gasteiger partial charge in [0, 0.05) is 12.5 Å². The molecular weight excluding hydrogens is 341 g/mol. The number of carboxylic acid groups (broad SMARTS) is 1. The van der Waals surface area contributed by atoms with Gasteiger partial charge in [0.1, 0.15) is 5.75 Å². The molecule has 5 nitrogen and oxygen atoms in total. The molecule has 2 aromatic rings. The van der Waals surface area contributed by atoms with Crippen LogP contribution in [0.3, 0.4) is 0 Å². The lowest BCUT2D eigenvalue weighted by Crippen LogP contribution is -2.17. The van der Waals surface area contributed by atoms with E-state index in [1.165, 1.54) is 24.3 Å². The van der Waals surface area contributed by atoms with Crippen LogP contribution in [-0.4, -0.2) is 23.4 Å². The van der Waals surface area contributed by atoms with Crippen LogP contribution in [0.2, 0.25) is 0 Å². The average molecular weight is 354 g/mol. The molecule has 0 bridgehead atoms. The number of carbonyl (C=O) groups is 2. The molecular formula is C17H13F3O5. The van der Waals surface area contributed by atoms with E-state index in [0.29, 0.717) is 11.1 Å². The number of carboxylic acids is 1. The fourth-order valence-electron chi connectivity index (χ4n) is 2.16. The van der Waals surface area contributed by atoms with Gasteiger partial charge in [-0.2, -0.15) is 0 Å². The topological polar surface area (TPSA) is 72.8 Å². The highest BCUT2D eigenvalue weighted by molar-refractivity contribution is 5.79. The summed E-state index contributed by atoms with van der Waals surface area (Å²) < 4.78 is 45.1. The molecule has 132 valence electrons. The zero-order valence-corrected chi connectivity index (χ0v) is 12.9. The van der Waals surface area contributed by atoms with Gasteiger partial charge in [0.05, 0.1) is 0 Å². The van der Waals surface area contributed by atoms with E-state index >= 15 is 0 Å². The van der Waals surface area contributed by atoms with E-state index in [-0.39, 0.29) is 11.3 Å². The van der Waals surface area contributed by atoms with Crippen LogP contribution in [0, 0.1) is 0 Å². The van der Waals surface area contributed by atoms with Crippen molar-refractivity contribution < 1.29 is 37.3 Å². The van der Waals surface area contributed by atoms with Gasteiger partial charge in [0.2, 0.25) is 6.10 Å². The first-order valence-electron chi connectivity index (χ1n) is 7.02. The molecule has 0 aliphatic rings. The number of ether oxygens (including phenoxy) is 2. The van der Waals surface area contributed by atoms with E-state index < -0.39 is 24.4 Å². The van der Waals surface area contributed by atoms with Gasteiger partial charge in [-0.1, -0.05) is 30.3 Å². The molecule has 1 N–H and O–H groups in total. The molecule has 0 amide bonds. The fraction of sp³-hybridized carbons (Fsp3) is 0.176. The first-order chi connectivity index (χ1) is 11.7. The number of hydrogen-bond donors (Lipinski definition) is 1. The van der Waals surface area contributed by atoms with Crippen LogP contribution in [0.5, 0.6) is 5.75 Å². The Morgan fingerprint density at radius 3 is 2.20 bits per heavy atom. The summed E-state index contributed by atoms with van der Waals surface area (Å²) in [5.41, 5.74) is 1.33. The summed E-state index contributed by atoms with van der Waals surface area (Å²) in [7, 11) is 0. The Kier molecular flexibility index (Phi) is 5.31. The summed E-state index contributed by atoms with van der Waals surface area (Å²) in [5.74, 6) is -2.44. The largest absolute Gasteiger partial charge is 0.573 e. The number of alkyl halides is 3. The Bertz CT molecular complexity index is 769. The molecule has 0 saturated heterocycles. The highest BCUT2D eigenvalue weighted by Gasteiger charge is 2.31. The van der Waals surface area contributed by atoms with Crippen molar-refractivity contribution in [3.8, 4) is 16.9 Å². The molecule has 0 aliphatic carbocycles. The van der Waals surface area contributed by atoms with Crippen molar-refractivity contribution in [1.82, 2.24) is 0 Å². The predicted octanol–water partition coefficient (Wildman–Crippen LogP) is 3.94. The molecule has 0 aromatic heterocycles. The van der Waals surface area contributed by atoms with Crippen molar-refractivity contribution in [3.05, 3.63) is 54.1 Å². The molecule has 1 atom stereocenters. The molecule has 0 radical (unpaired) electrons. The Morgan fingerprint density at radius 1 is 1.04 bits per heavy atom. The number of halogens is 3. The van der Waals surface area contributed by atoms with Gasteiger partial charge in [-0.15, -0.1) is 13.2 Å². The molecule has 0 heterocycles. The number of aliphatic carboxylic acids is 1. The second-order valence-electron chi connectivity index (χ2n) is 5.03. The lowest BCUT2D eigenvalue weighted by atomic mass is 10.0. The molecule has 0 saturated carbocycles. The third kappa shape index (κ3) is 5.23. The van der Waals surface area contributed by atoms with Crippen LogP contribution in [0.4, 0.5) is 13.2 Å². The molecule has 2 rings (SSSR count). The van der Waals surface area contributed by atoms with Crippen LogP contribution in [0.25, 0.3) is 11.1 Å². The van der Waals surface area contributed by atoms with Crippen LogP contribution in [0.15, 0.2) is 48.5 Å². The number of benzene rings is 2. The predicted molar refractivity (Wildman–Crippen MR) is 80.7 cm³/mol. The molecule has 2 aromatic carbocycles. The van der Waals surface area contributed by atoms with Gasteiger partial charge in [0.25, 0.3) is 0 Å². The van der Waals surface area contributed by atoms with Gasteiger partial charge in [0.15, 0.2) is 0 Å². The fourth-order valence-corrected chi connectivity index (χ4v) is 2.16. The van der Waals surface area contributed by atoms with Gasteiger partial charge in [-0.25, -0.2) is 4.79 Å². The van der Waals surface area contributed by atoms with Crippen LogP contribution in [0.1, 0.15) is 18.6 Å². The SMILES string of the molecule is CC(=O)O[C@@H](C(=O)O)c1cccc(-c2ccc(OC(F)(F)F)cc2)c1. The quantitative estimate of drug-likeness (QED) is 0.824. The maximum atomic E-state index is 12.2. The summed E-state index contributed by atoms with van der Waals surface area (Å²) in [4.78, 5) is 22.3. The Balaban J connectivity index is 2.28. The Hall–Kier alpha value is -3.03. The summed E-state index contributed by atoms with van der Waals surface area (Å²) in [6.07, 6.45) is -6.24. The summed E-state index contributed by atoms with van der Waals surface area (Å²) in [5, 5.41) is 9.18. The average Bonchev–Trinajstić information content (AvgIpc) is 2.51. The van der Waals surface area contributed by atoms with E-state index in [0.717, 1.165) is 19.1 Å². The van der Waals surface area contributed by atoms with Gasteiger partial charge in [-0.05, 0) is 29.3 Å². The van der Waals surface area contributed by atoms with Crippen molar-refractivity contribution in [2.24, 2.45) is 0 Å². The van der Waals surface area contributed by atoms with Crippen LogP contribution >= 0.6 is 0 Å². The molecule has 8 heteroatoms. The Morgan fingerprint density at radius 2 is 1.68 bits per heavy atom. The van der Waals surface area contributed by atoms with E-state index in [4.69, 9.17) is 4.74 Å². The van der Waals surface area contributed by atoms with E-state index in [1.807, 2.05) is 0 Å². The first kappa shape index (κ1) is 18.3. The van der Waals surface area contributed by atoms with Crippen LogP contribution in [-0.2, 0) is 14.3 Å². The highest BCUT2D eigenvalue weighted by atomic mass is 19.4. The number of carbonyl (C=O) groups excluding carboxylic acids is 1. The second kappa shape index (κ2) is 7.25. The smallest absolute Gasteiger partial charge is 0.478 e. The number of rotatable bonds is 5.